The Morgan fingerprint density at radius 1 is 1.11 bits per heavy atom. The summed E-state index contributed by atoms with van der Waals surface area (Å²) in [5.74, 6) is 0.500. The smallest absolute Gasteiger partial charge is 0.254 e. The molecule has 0 fully saturated rings. The van der Waals surface area contributed by atoms with E-state index in [1.54, 1.807) is 0 Å². The minimum Gasteiger partial charge on any atom is -0.310 e. The molecule has 4 aromatic rings. The Kier molecular flexibility index (Phi) is 4.72. The van der Waals surface area contributed by atoms with Crippen molar-refractivity contribution < 1.29 is 4.79 Å². The van der Waals surface area contributed by atoms with Gasteiger partial charge in [-0.3, -0.25) is 14.6 Å². The molecule has 0 saturated carbocycles. The number of carbonyl (C=O) groups is 1. The maximum atomic E-state index is 12.9. The molecule has 2 aromatic heterocycles. The van der Waals surface area contributed by atoms with Gasteiger partial charge in [-0.1, -0.05) is 67.6 Å². The molecule has 0 spiro atoms. The summed E-state index contributed by atoms with van der Waals surface area (Å²) in [6, 6.07) is 20.3. The lowest BCUT2D eigenvalue weighted by Gasteiger charge is -2.15. The van der Waals surface area contributed by atoms with Gasteiger partial charge >= 0.3 is 0 Å². The Bertz CT molecular complexity index is 1170. The number of carbonyl (C=O) groups excluding carboxylic acids is 1. The molecule has 0 radical (unpaired) electrons. The topological polar surface area (TPSA) is 92.1 Å². The summed E-state index contributed by atoms with van der Waals surface area (Å²) in [5.41, 5.74) is 1.38. The van der Waals surface area contributed by atoms with Gasteiger partial charge in [0.1, 0.15) is 5.82 Å². The average molecular weight is 373 g/mol. The normalized spacial score (nSPS) is 12.0. The van der Waals surface area contributed by atoms with Crippen LogP contribution in [0.1, 0.15) is 24.8 Å². The first-order valence-electron chi connectivity index (χ1n) is 9.07. The zero-order valence-electron chi connectivity index (χ0n) is 15.3. The van der Waals surface area contributed by atoms with Gasteiger partial charge < -0.3 is 5.32 Å². The van der Waals surface area contributed by atoms with E-state index < -0.39 is 0 Å². The summed E-state index contributed by atoms with van der Waals surface area (Å²) in [6.07, 6.45) is 0.634. The number of nitrogens with one attached hydrogen (secondary N) is 2. The Balaban J connectivity index is 1.71. The number of rotatable bonds is 5. The van der Waals surface area contributed by atoms with Crippen LogP contribution in [0.3, 0.4) is 0 Å². The first kappa shape index (κ1) is 17.7. The highest BCUT2D eigenvalue weighted by molar-refractivity contribution is 5.95. The lowest BCUT2D eigenvalue weighted by Crippen LogP contribution is -2.24. The van der Waals surface area contributed by atoms with E-state index in [2.05, 4.69) is 20.4 Å². The molecule has 1 unspecified atom stereocenters. The SMILES string of the molecule is CCC(C(=O)Nc1cc(=O)[nH]c2nc(-c3ccccc3)nn12)c1ccccc1. The van der Waals surface area contributed by atoms with E-state index in [4.69, 9.17) is 0 Å². The first-order chi connectivity index (χ1) is 13.7. The molecule has 1 atom stereocenters. The number of benzene rings is 2. The van der Waals surface area contributed by atoms with Gasteiger partial charge in [0.15, 0.2) is 5.82 Å². The van der Waals surface area contributed by atoms with Crippen molar-refractivity contribution in [2.75, 3.05) is 5.32 Å². The zero-order chi connectivity index (χ0) is 19.5. The van der Waals surface area contributed by atoms with Crippen LogP contribution in [0.25, 0.3) is 17.2 Å². The molecule has 140 valence electrons. The third-order valence-corrected chi connectivity index (χ3v) is 4.55. The van der Waals surface area contributed by atoms with Crippen LogP contribution in [0, 0.1) is 0 Å². The molecule has 2 N–H and O–H groups in total. The number of aromatic amines is 1. The van der Waals surface area contributed by atoms with Crippen molar-refractivity contribution in [3.8, 4) is 11.4 Å². The van der Waals surface area contributed by atoms with Gasteiger partial charge in [-0.05, 0) is 12.0 Å². The van der Waals surface area contributed by atoms with Gasteiger partial charge in [-0.15, -0.1) is 5.10 Å². The highest BCUT2D eigenvalue weighted by Gasteiger charge is 2.20. The molecule has 2 heterocycles. The second kappa shape index (κ2) is 7.48. The molecule has 0 aliphatic rings. The third kappa shape index (κ3) is 3.42. The van der Waals surface area contributed by atoms with Crippen LogP contribution in [0.4, 0.5) is 5.82 Å². The van der Waals surface area contributed by atoms with Crippen LogP contribution in [0.15, 0.2) is 71.5 Å². The quantitative estimate of drug-likeness (QED) is 0.562. The molecule has 0 bridgehead atoms. The number of anilines is 1. The number of hydrogen-bond acceptors (Lipinski definition) is 4. The highest BCUT2D eigenvalue weighted by Crippen LogP contribution is 2.22. The van der Waals surface area contributed by atoms with E-state index in [9.17, 15) is 9.59 Å². The standard InChI is InChI=1S/C21H19N5O2/c1-2-16(14-9-5-3-6-10-14)20(28)22-17-13-18(27)23-21-24-19(25-26(17)21)15-11-7-4-8-12-15/h3-13,16H,2H2,1H3,(H,22,28)(H,23,24,25,27). The summed E-state index contributed by atoms with van der Waals surface area (Å²) in [6.45, 7) is 1.95. The molecule has 7 nitrogen and oxygen atoms in total. The summed E-state index contributed by atoms with van der Waals surface area (Å²) in [4.78, 5) is 32.0. The van der Waals surface area contributed by atoms with Crippen LogP contribution < -0.4 is 10.9 Å². The molecule has 0 aliphatic heterocycles. The van der Waals surface area contributed by atoms with E-state index >= 15 is 0 Å². The molecule has 28 heavy (non-hydrogen) atoms. The number of H-pyrrole nitrogens is 1. The predicted molar refractivity (Wildman–Crippen MR) is 107 cm³/mol. The van der Waals surface area contributed by atoms with Gasteiger partial charge in [0.05, 0.1) is 5.92 Å². The summed E-state index contributed by atoms with van der Waals surface area (Å²) in [7, 11) is 0. The minimum atomic E-state index is -0.359. The Hall–Kier alpha value is -3.74. The van der Waals surface area contributed by atoms with E-state index in [0.29, 0.717) is 12.2 Å². The van der Waals surface area contributed by atoms with E-state index in [1.807, 2.05) is 67.6 Å². The van der Waals surface area contributed by atoms with Crippen molar-refractivity contribution in [2.45, 2.75) is 19.3 Å². The van der Waals surface area contributed by atoms with Crippen LogP contribution >= 0.6 is 0 Å². The van der Waals surface area contributed by atoms with Crippen molar-refractivity contribution >= 4 is 17.5 Å². The van der Waals surface area contributed by atoms with E-state index in [0.717, 1.165) is 11.1 Å². The van der Waals surface area contributed by atoms with Crippen LogP contribution in [0.2, 0.25) is 0 Å². The van der Waals surface area contributed by atoms with Gasteiger partial charge in [0.25, 0.3) is 5.56 Å². The van der Waals surface area contributed by atoms with Crippen molar-refractivity contribution in [1.82, 2.24) is 19.6 Å². The second-order valence-electron chi connectivity index (χ2n) is 6.42. The third-order valence-electron chi connectivity index (χ3n) is 4.55. The van der Waals surface area contributed by atoms with Crippen molar-refractivity contribution in [3.63, 3.8) is 0 Å². The lowest BCUT2D eigenvalue weighted by molar-refractivity contribution is -0.117. The Labute approximate surface area is 161 Å². The van der Waals surface area contributed by atoms with Crippen LogP contribution in [-0.2, 0) is 4.79 Å². The van der Waals surface area contributed by atoms with Gasteiger partial charge in [0, 0.05) is 11.6 Å². The number of aromatic nitrogens is 4. The molecule has 4 rings (SSSR count). The number of hydrogen-bond donors (Lipinski definition) is 2. The number of fused-ring (bicyclic) bond motifs is 1. The van der Waals surface area contributed by atoms with Crippen molar-refractivity contribution in [3.05, 3.63) is 82.6 Å². The summed E-state index contributed by atoms with van der Waals surface area (Å²) >= 11 is 0. The molecule has 0 saturated heterocycles. The van der Waals surface area contributed by atoms with Gasteiger partial charge in [-0.2, -0.15) is 9.50 Å². The van der Waals surface area contributed by atoms with Crippen LogP contribution in [0.5, 0.6) is 0 Å². The fourth-order valence-electron chi connectivity index (χ4n) is 3.16. The van der Waals surface area contributed by atoms with Crippen LogP contribution in [-0.4, -0.2) is 25.5 Å². The Morgan fingerprint density at radius 2 is 1.79 bits per heavy atom. The summed E-state index contributed by atoms with van der Waals surface area (Å²) in [5, 5.41) is 7.30. The number of amides is 1. The van der Waals surface area contributed by atoms with Crippen molar-refractivity contribution in [1.29, 1.82) is 0 Å². The molecular formula is C21H19N5O2. The fraction of sp³-hybridized carbons (Fsp3) is 0.143. The number of nitrogens with zero attached hydrogens (tertiary/aromatic N) is 3. The molecule has 0 aliphatic carbocycles. The van der Waals surface area contributed by atoms with Gasteiger partial charge in [0.2, 0.25) is 11.7 Å². The second-order valence-corrected chi connectivity index (χ2v) is 6.42. The minimum absolute atomic E-state index is 0.197. The lowest BCUT2D eigenvalue weighted by atomic mass is 9.96. The largest absolute Gasteiger partial charge is 0.310 e. The maximum absolute atomic E-state index is 12.9. The first-order valence-corrected chi connectivity index (χ1v) is 9.07. The maximum Gasteiger partial charge on any atom is 0.254 e. The Morgan fingerprint density at radius 3 is 2.46 bits per heavy atom. The molecule has 7 heteroatoms. The van der Waals surface area contributed by atoms with Crippen molar-refractivity contribution in [2.24, 2.45) is 0 Å². The van der Waals surface area contributed by atoms with Gasteiger partial charge in [-0.25, -0.2) is 0 Å². The average Bonchev–Trinajstić information content (AvgIpc) is 3.14. The summed E-state index contributed by atoms with van der Waals surface area (Å²) < 4.78 is 1.44. The highest BCUT2D eigenvalue weighted by atomic mass is 16.2. The molecular weight excluding hydrogens is 354 g/mol. The van der Waals surface area contributed by atoms with E-state index in [-0.39, 0.29) is 29.0 Å². The fourth-order valence-corrected chi connectivity index (χ4v) is 3.16. The predicted octanol–water partition coefficient (Wildman–Crippen LogP) is 3.22. The monoisotopic (exact) mass is 373 g/mol. The molecule has 2 aromatic carbocycles. The molecule has 1 amide bonds. The zero-order valence-corrected chi connectivity index (χ0v) is 15.3. The van der Waals surface area contributed by atoms with E-state index in [1.165, 1.54) is 10.6 Å².